The van der Waals surface area contributed by atoms with E-state index in [1.165, 1.54) is 11.8 Å². The average Bonchev–Trinajstić information content (AvgIpc) is 3.67. The van der Waals surface area contributed by atoms with Gasteiger partial charge in [0.05, 0.1) is 34.6 Å². The Morgan fingerprint density at radius 2 is 1.45 bits per heavy atom. The Bertz CT molecular complexity index is 1190. The molecule has 1 aliphatic heterocycles. The minimum atomic E-state index is -0.705. The molecule has 0 atom stereocenters. The normalized spacial score (nSPS) is 19.1. The topological polar surface area (TPSA) is 94.5 Å². The highest BCUT2D eigenvalue weighted by Gasteiger charge is 2.42. The molecule has 5 rings (SSSR count). The first-order valence-electron chi connectivity index (χ1n) is 13.5. The summed E-state index contributed by atoms with van der Waals surface area (Å²) >= 11 is 1.48. The van der Waals surface area contributed by atoms with E-state index in [0.717, 1.165) is 57.1 Å². The number of carbonyl (C=O) groups is 2. The number of carbonyl (C=O) groups excluding carboxylic acids is 2. The highest BCUT2D eigenvalue weighted by molar-refractivity contribution is 7.98. The zero-order valence-corrected chi connectivity index (χ0v) is 23.1. The Kier molecular flexibility index (Phi) is 8.12. The predicted molar refractivity (Wildman–Crippen MR) is 147 cm³/mol. The number of nitrogens with zero attached hydrogens (tertiary/aromatic N) is 2. The lowest BCUT2D eigenvalue weighted by Crippen LogP contribution is -2.35. The third kappa shape index (κ3) is 5.48. The molecular weight excluding hydrogens is 500 g/mol. The molecular formula is C29H36N4O4S. The van der Waals surface area contributed by atoms with Crippen molar-refractivity contribution in [3.8, 4) is 0 Å². The quantitative estimate of drug-likeness (QED) is 0.328. The van der Waals surface area contributed by atoms with Crippen molar-refractivity contribution in [1.29, 1.82) is 0 Å². The second-order valence-corrected chi connectivity index (χ2v) is 11.0. The Morgan fingerprint density at radius 3 is 1.95 bits per heavy atom. The van der Waals surface area contributed by atoms with Crippen molar-refractivity contribution in [2.45, 2.75) is 88.5 Å². The Balaban J connectivity index is 1.58. The number of rotatable bonds is 8. The van der Waals surface area contributed by atoms with Gasteiger partial charge in [-0.3, -0.25) is 5.43 Å². The van der Waals surface area contributed by atoms with Gasteiger partial charge in [-0.25, -0.2) is 19.2 Å². The van der Waals surface area contributed by atoms with Gasteiger partial charge in [-0.15, -0.1) is 0 Å². The van der Waals surface area contributed by atoms with Gasteiger partial charge in [-0.05, 0) is 83.6 Å². The van der Waals surface area contributed by atoms with Gasteiger partial charge < -0.3 is 14.8 Å². The molecule has 2 aromatic rings. The zero-order chi connectivity index (χ0) is 26.6. The number of benzene rings is 1. The molecule has 202 valence electrons. The smallest absolute Gasteiger partial charge is 0.337 e. The number of thioether (sulfide) groups is 1. The van der Waals surface area contributed by atoms with Crippen LogP contribution in [0.5, 0.6) is 0 Å². The SMILES string of the molecule is CSc1ncc(C2C(C(=O)OC3CCCC3)=C(C)NC(C)=C2C(=O)OC2CCCC2)n1Nc1ccccc1. The van der Waals surface area contributed by atoms with Crippen LogP contribution in [-0.4, -0.2) is 40.1 Å². The Hall–Kier alpha value is -3.20. The molecule has 9 heteroatoms. The lowest BCUT2D eigenvalue weighted by molar-refractivity contribution is -0.145. The second kappa shape index (κ2) is 11.7. The summed E-state index contributed by atoms with van der Waals surface area (Å²) in [6, 6.07) is 9.77. The van der Waals surface area contributed by atoms with Crippen molar-refractivity contribution < 1.29 is 19.1 Å². The fourth-order valence-electron chi connectivity index (χ4n) is 5.72. The number of hydrogen-bond acceptors (Lipinski definition) is 8. The summed E-state index contributed by atoms with van der Waals surface area (Å²) in [5.74, 6) is -1.50. The lowest BCUT2D eigenvalue weighted by Gasteiger charge is -2.32. The molecule has 0 radical (unpaired) electrons. The van der Waals surface area contributed by atoms with Crippen molar-refractivity contribution in [3.63, 3.8) is 0 Å². The highest BCUT2D eigenvalue weighted by atomic mass is 32.2. The first kappa shape index (κ1) is 26.4. The van der Waals surface area contributed by atoms with Crippen LogP contribution in [0.4, 0.5) is 5.69 Å². The molecule has 2 N–H and O–H groups in total. The number of dihydropyridines is 1. The van der Waals surface area contributed by atoms with Crippen molar-refractivity contribution >= 4 is 29.4 Å². The Morgan fingerprint density at radius 1 is 0.921 bits per heavy atom. The monoisotopic (exact) mass is 536 g/mol. The number of para-hydroxylation sites is 1. The van der Waals surface area contributed by atoms with Gasteiger partial charge in [-0.2, -0.15) is 0 Å². The predicted octanol–water partition coefficient (Wildman–Crippen LogP) is 5.69. The summed E-state index contributed by atoms with van der Waals surface area (Å²) in [4.78, 5) is 32.2. The molecule has 2 saturated carbocycles. The molecule has 2 fully saturated rings. The minimum Gasteiger partial charge on any atom is -0.459 e. The van der Waals surface area contributed by atoms with Gasteiger partial charge >= 0.3 is 11.9 Å². The zero-order valence-electron chi connectivity index (χ0n) is 22.3. The summed E-state index contributed by atoms with van der Waals surface area (Å²) in [6.07, 6.45) is 11.2. The van der Waals surface area contributed by atoms with Gasteiger partial charge in [0.1, 0.15) is 12.2 Å². The van der Waals surface area contributed by atoms with Crippen molar-refractivity contribution in [2.75, 3.05) is 11.7 Å². The van der Waals surface area contributed by atoms with Crippen LogP contribution >= 0.6 is 11.8 Å². The summed E-state index contributed by atoms with van der Waals surface area (Å²) in [7, 11) is 0. The number of nitrogens with one attached hydrogen (secondary N) is 2. The lowest BCUT2D eigenvalue weighted by atomic mass is 9.83. The van der Waals surface area contributed by atoms with E-state index in [1.54, 1.807) is 6.20 Å². The number of imidazole rings is 1. The number of hydrogen-bond donors (Lipinski definition) is 2. The molecule has 0 saturated heterocycles. The fraction of sp³-hybridized carbons (Fsp3) is 0.483. The van der Waals surface area contributed by atoms with E-state index >= 15 is 0 Å². The molecule has 8 nitrogen and oxygen atoms in total. The van der Waals surface area contributed by atoms with Gasteiger partial charge in [-0.1, -0.05) is 30.0 Å². The van der Waals surface area contributed by atoms with Crippen LogP contribution in [0.1, 0.15) is 76.8 Å². The van der Waals surface area contributed by atoms with Crippen LogP contribution in [0.2, 0.25) is 0 Å². The minimum absolute atomic E-state index is 0.0987. The van der Waals surface area contributed by atoms with Crippen LogP contribution in [0, 0.1) is 0 Å². The fourth-order valence-corrected chi connectivity index (χ4v) is 6.21. The molecule has 1 aromatic carbocycles. The second-order valence-electron chi connectivity index (χ2n) is 10.2. The van der Waals surface area contributed by atoms with Crippen LogP contribution < -0.4 is 10.7 Å². The van der Waals surface area contributed by atoms with E-state index < -0.39 is 17.9 Å². The molecule has 0 spiro atoms. The largest absolute Gasteiger partial charge is 0.459 e. The number of esters is 2. The van der Waals surface area contributed by atoms with E-state index in [1.807, 2.05) is 55.1 Å². The van der Waals surface area contributed by atoms with E-state index in [9.17, 15) is 9.59 Å². The molecule has 38 heavy (non-hydrogen) atoms. The van der Waals surface area contributed by atoms with Crippen molar-refractivity contribution in [2.24, 2.45) is 0 Å². The van der Waals surface area contributed by atoms with E-state index in [4.69, 9.17) is 9.47 Å². The standard InChI is InChI=1S/C29H36N4O4S/c1-18-24(27(34)36-21-13-7-8-14-21)26(25(19(2)31-18)28(35)37-22-15-9-10-16-22)23-17-30-29(38-3)33(23)32-20-11-5-4-6-12-20/h4-6,11-12,17,21-22,26,31-32H,7-10,13-16H2,1-3H3. The highest BCUT2D eigenvalue weighted by Crippen LogP contribution is 2.41. The average molecular weight is 537 g/mol. The van der Waals surface area contributed by atoms with E-state index in [0.29, 0.717) is 33.4 Å². The molecule has 0 unspecified atom stereocenters. The molecule has 2 heterocycles. The third-order valence-electron chi connectivity index (χ3n) is 7.60. The molecule has 1 aromatic heterocycles. The number of ether oxygens (including phenoxy) is 2. The van der Waals surface area contributed by atoms with Crippen molar-refractivity contribution in [1.82, 2.24) is 15.0 Å². The summed E-state index contributed by atoms with van der Waals surface area (Å²) in [5.41, 5.74) is 7.15. The molecule has 2 aliphatic carbocycles. The maximum atomic E-state index is 13.8. The van der Waals surface area contributed by atoms with Gasteiger partial charge in [0, 0.05) is 11.4 Å². The summed E-state index contributed by atoms with van der Waals surface area (Å²) < 4.78 is 13.9. The summed E-state index contributed by atoms with van der Waals surface area (Å²) in [5, 5.41) is 4.00. The molecule has 3 aliphatic rings. The van der Waals surface area contributed by atoms with Gasteiger partial charge in [0.15, 0.2) is 5.16 Å². The Labute approximate surface area is 228 Å². The van der Waals surface area contributed by atoms with Crippen LogP contribution in [0.3, 0.4) is 0 Å². The first-order chi connectivity index (χ1) is 18.5. The van der Waals surface area contributed by atoms with Gasteiger partial charge in [0.25, 0.3) is 0 Å². The maximum Gasteiger partial charge on any atom is 0.337 e. The van der Waals surface area contributed by atoms with Crippen LogP contribution in [0.25, 0.3) is 0 Å². The first-order valence-corrected chi connectivity index (χ1v) is 14.7. The maximum absolute atomic E-state index is 13.8. The van der Waals surface area contributed by atoms with E-state index in [2.05, 4.69) is 15.7 Å². The number of aromatic nitrogens is 2. The van der Waals surface area contributed by atoms with Crippen molar-refractivity contribution in [3.05, 3.63) is 64.8 Å². The van der Waals surface area contributed by atoms with Crippen LogP contribution in [-0.2, 0) is 19.1 Å². The number of anilines is 1. The number of allylic oxidation sites excluding steroid dienone is 2. The summed E-state index contributed by atoms with van der Waals surface area (Å²) in [6.45, 7) is 3.73. The van der Waals surface area contributed by atoms with E-state index in [-0.39, 0.29) is 12.2 Å². The third-order valence-corrected chi connectivity index (χ3v) is 8.25. The van der Waals surface area contributed by atoms with Crippen LogP contribution in [0.15, 0.2) is 64.2 Å². The molecule has 0 bridgehead atoms. The molecule has 0 amide bonds. The van der Waals surface area contributed by atoms with Gasteiger partial charge in [0.2, 0.25) is 0 Å².